The summed E-state index contributed by atoms with van der Waals surface area (Å²) in [5, 5.41) is 4.05. The highest BCUT2D eigenvalue weighted by Crippen LogP contribution is 2.49. The second-order valence-electron chi connectivity index (χ2n) is 9.13. The predicted molar refractivity (Wildman–Crippen MR) is 155 cm³/mol. The highest BCUT2D eigenvalue weighted by Gasteiger charge is 2.42. The number of nitrogens with one attached hydrogen (secondary N) is 1. The fourth-order valence-electron chi connectivity index (χ4n) is 5.10. The number of allylic oxidation sites excluding steroid dienone is 3. The lowest BCUT2D eigenvalue weighted by Gasteiger charge is -2.37. The summed E-state index contributed by atoms with van der Waals surface area (Å²) >= 11 is 11.5. The number of methoxy groups -OCH3 is 2. The van der Waals surface area contributed by atoms with E-state index in [1.165, 1.54) is 0 Å². The quantitative estimate of drug-likeness (QED) is 0.245. The number of dihydropyridines is 1. The van der Waals surface area contributed by atoms with Crippen molar-refractivity contribution in [3.05, 3.63) is 79.6 Å². The number of esters is 1. The first kappa shape index (κ1) is 28.6. The van der Waals surface area contributed by atoms with Gasteiger partial charge in [-0.1, -0.05) is 46.6 Å². The Kier molecular flexibility index (Phi) is 9.50. The molecule has 0 saturated heterocycles. The summed E-state index contributed by atoms with van der Waals surface area (Å²) in [6.07, 6.45) is 0.967. The van der Waals surface area contributed by atoms with Gasteiger partial charge in [-0.05, 0) is 60.4 Å². The van der Waals surface area contributed by atoms with Crippen molar-refractivity contribution < 1.29 is 23.8 Å². The Morgan fingerprint density at radius 1 is 1.13 bits per heavy atom. The molecule has 4 rings (SSSR count). The number of ether oxygens (including phenoxy) is 3. The first-order valence-electron chi connectivity index (χ1n) is 12.4. The average Bonchev–Trinajstić information content (AvgIpc) is 2.90. The summed E-state index contributed by atoms with van der Waals surface area (Å²) in [5.74, 6) is 1.66. The Hall–Kier alpha value is -2.42. The van der Waals surface area contributed by atoms with E-state index in [1.54, 1.807) is 32.0 Å². The second kappa shape index (κ2) is 12.6. The van der Waals surface area contributed by atoms with Gasteiger partial charge in [0.2, 0.25) is 0 Å². The Morgan fingerprint density at radius 2 is 1.82 bits per heavy atom. The van der Waals surface area contributed by atoms with Gasteiger partial charge in [-0.2, -0.15) is 11.8 Å². The molecule has 1 N–H and O–H groups in total. The molecule has 1 heterocycles. The molecule has 2 aliphatic rings. The first-order chi connectivity index (χ1) is 18.3. The van der Waals surface area contributed by atoms with Gasteiger partial charge in [0.15, 0.2) is 17.3 Å². The predicted octanol–water partition coefficient (Wildman–Crippen LogP) is 6.78. The number of benzene rings is 2. The zero-order valence-electron chi connectivity index (χ0n) is 21.9. The van der Waals surface area contributed by atoms with Crippen LogP contribution >= 0.6 is 39.3 Å². The van der Waals surface area contributed by atoms with E-state index < -0.39 is 11.9 Å². The van der Waals surface area contributed by atoms with Gasteiger partial charge in [0, 0.05) is 44.6 Å². The van der Waals surface area contributed by atoms with Gasteiger partial charge in [0.05, 0.1) is 19.8 Å². The molecule has 38 heavy (non-hydrogen) atoms. The van der Waals surface area contributed by atoms with Gasteiger partial charge < -0.3 is 19.5 Å². The molecule has 9 heteroatoms. The number of Topliss-reactive ketones (excluding diaryl/α,β-unsaturated/α-hetero) is 1. The Labute approximate surface area is 241 Å². The lowest BCUT2D eigenvalue weighted by molar-refractivity contribution is -0.138. The van der Waals surface area contributed by atoms with Gasteiger partial charge in [-0.15, -0.1) is 0 Å². The smallest absolute Gasteiger partial charge is 0.336 e. The summed E-state index contributed by atoms with van der Waals surface area (Å²) < 4.78 is 17.4. The first-order valence-corrected chi connectivity index (χ1v) is 14.8. The summed E-state index contributed by atoms with van der Waals surface area (Å²) in [4.78, 5) is 27.3. The van der Waals surface area contributed by atoms with Crippen molar-refractivity contribution in [2.45, 2.75) is 38.5 Å². The van der Waals surface area contributed by atoms with Gasteiger partial charge in [-0.25, -0.2) is 4.79 Å². The zero-order chi connectivity index (χ0) is 27.4. The van der Waals surface area contributed by atoms with Crippen LogP contribution in [0.15, 0.2) is 63.4 Å². The molecule has 0 saturated carbocycles. The van der Waals surface area contributed by atoms with Crippen LogP contribution in [0.3, 0.4) is 0 Å². The van der Waals surface area contributed by atoms with Crippen LogP contribution < -0.4 is 14.8 Å². The number of thioether (sulfide) groups is 1. The monoisotopic (exact) mass is 619 g/mol. The molecule has 2 atom stereocenters. The number of carbonyl (C=O) groups excluding carboxylic acids is 2. The van der Waals surface area contributed by atoms with E-state index in [-0.39, 0.29) is 11.7 Å². The molecule has 2 aromatic rings. The fraction of sp³-hybridized carbons (Fsp3) is 0.379. The molecule has 0 bridgehead atoms. The van der Waals surface area contributed by atoms with Crippen LogP contribution in [-0.4, -0.2) is 44.1 Å². The van der Waals surface area contributed by atoms with E-state index in [1.807, 2.05) is 37.3 Å². The van der Waals surface area contributed by atoms with Crippen molar-refractivity contribution in [3.8, 4) is 11.5 Å². The third-order valence-electron chi connectivity index (χ3n) is 6.87. The summed E-state index contributed by atoms with van der Waals surface area (Å²) in [6, 6.07) is 11.3. The highest BCUT2D eigenvalue weighted by atomic mass is 79.9. The lowest BCUT2D eigenvalue weighted by Crippen LogP contribution is -2.36. The number of ketones is 1. The van der Waals surface area contributed by atoms with Crippen molar-refractivity contribution in [2.75, 3.05) is 32.3 Å². The minimum atomic E-state index is -0.620. The maximum atomic E-state index is 13.9. The molecular weight excluding hydrogens is 590 g/mol. The van der Waals surface area contributed by atoms with Crippen LogP contribution in [0.2, 0.25) is 5.02 Å². The number of rotatable bonds is 9. The molecule has 0 radical (unpaired) electrons. The largest absolute Gasteiger partial charge is 0.493 e. The van der Waals surface area contributed by atoms with E-state index in [0.29, 0.717) is 63.0 Å². The van der Waals surface area contributed by atoms with Crippen LogP contribution in [0.1, 0.15) is 49.7 Å². The minimum absolute atomic E-state index is 0.00730. The average molecular weight is 621 g/mol. The molecule has 0 spiro atoms. The molecule has 1 aliphatic carbocycles. The van der Waals surface area contributed by atoms with Crippen LogP contribution in [0, 0.1) is 0 Å². The SMILES string of the molecule is CCSCCOC(=O)C1=C(C)NC2=C(C(=O)CC(c3ccc(Cl)cc3)C2)C1c1cc(OC)c(OC)cc1Br. The van der Waals surface area contributed by atoms with E-state index in [4.69, 9.17) is 25.8 Å². The molecule has 1 aliphatic heterocycles. The van der Waals surface area contributed by atoms with E-state index >= 15 is 0 Å². The summed E-state index contributed by atoms with van der Waals surface area (Å²) in [5.41, 5.74) is 4.31. The molecular formula is C29H31BrClNO5S. The van der Waals surface area contributed by atoms with Crippen molar-refractivity contribution in [1.82, 2.24) is 5.32 Å². The second-order valence-corrected chi connectivity index (χ2v) is 11.8. The van der Waals surface area contributed by atoms with Crippen molar-refractivity contribution in [3.63, 3.8) is 0 Å². The lowest BCUT2D eigenvalue weighted by atomic mass is 9.71. The van der Waals surface area contributed by atoms with Crippen molar-refractivity contribution in [2.24, 2.45) is 0 Å². The van der Waals surface area contributed by atoms with Crippen LogP contribution in [0.25, 0.3) is 0 Å². The van der Waals surface area contributed by atoms with E-state index in [9.17, 15) is 9.59 Å². The Morgan fingerprint density at radius 3 is 2.47 bits per heavy atom. The molecule has 202 valence electrons. The zero-order valence-corrected chi connectivity index (χ0v) is 25.0. The van der Waals surface area contributed by atoms with Gasteiger partial charge in [0.1, 0.15) is 6.61 Å². The number of carbonyl (C=O) groups is 2. The van der Waals surface area contributed by atoms with E-state index in [0.717, 1.165) is 22.6 Å². The van der Waals surface area contributed by atoms with Gasteiger partial charge in [-0.3, -0.25) is 4.79 Å². The number of hydrogen-bond donors (Lipinski definition) is 1. The number of halogens is 2. The number of hydrogen-bond acceptors (Lipinski definition) is 7. The molecule has 0 aromatic heterocycles. The van der Waals surface area contributed by atoms with Crippen molar-refractivity contribution in [1.29, 1.82) is 0 Å². The summed E-state index contributed by atoms with van der Waals surface area (Å²) in [7, 11) is 3.13. The van der Waals surface area contributed by atoms with Crippen LogP contribution in [0.5, 0.6) is 11.5 Å². The van der Waals surface area contributed by atoms with Gasteiger partial charge >= 0.3 is 5.97 Å². The third-order valence-corrected chi connectivity index (χ3v) is 8.67. The topological polar surface area (TPSA) is 73.9 Å². The summed E-state index contributed by atoms with van der Waals surface area (Å²) in [6.45, 7) is 4.22. The molecule has 0 fully saturated rings. The standard InChI is InChI=1S/C29H31BrClNO5S/c1-5-38-11-10-37-29(34)26-16(2)32-22-12-18(17-6-8-19(31)9-7-17)13-23(33)28(22)27(26)20-14-24(35-3)25(36-4)15-21(20)30/h6-9,14-15,18,27,32H,5,10-13H2,1-4H3. The molecule has 2 unspecified atom stereocenters. The maximum Gasteiger partial charge on any atom is 0.336 e. The van der Waals surface area contributed by atoms with Crippen LogP contribution in [0.4, 0.5) is 0 Å². The highest BCUT2D eigenvalue weighted by molar-refractivity contribution is 9.10. The molecule has 2 aromatic carbocycles. The Bertz CT molecular complexity index is 1290. The normalized spacial score (nSPS) is 19.2. The van der Waals surface area contributed by atoms with Gasteiger partial charge in [0.25, 0.3) is 0 Å². The third kappa shape index (κ3) is 5.92. The maximum absolute atomic E-state index is 13.9. The molecule has 0 amide bonds. The van der Waals surface area contributed by atoms with Crippen LogP contribution in [-0.2, 0) is 14.3 Å². The fourth-order valence-corrected chi connectivity index (χ4v) is 6.26. The minimum Gasteiger partial charge on any atom is -0.493 e. The van der Waals surface area contributed by atoms with E-state index in [2.05, 4.69) is 28.2 Å². The van der Waals surface area contributed by atoms with Crippen molar-refractivity contribution >= 4 is 51.0 Å². The Balaban J connectivity index is 1.80. The molecule has 6 nitrogen and oxygen atoms in total.